The molecule has 0 radical (unpaired) electrons. The smallest absolute Gasteiger partial charge is 0.0897 e. The Bertz CT molecular complexity index is 395. The topological polar surface area (TPSA) is 20.2 Å². The number of hydrogen-bond donors (Lipinski definition) is 1. The molecule has 17 heavy (non-hydrogen) atoms. The molecule has 1 unspecified atom stereocenters. The number of benzene rings is 1. The highest BCUT2D eigenvalue weighted by molar-refractivity contribution is 6.42. The van der Waals surface area contributed by atoms with Crippen molar-refractivity contribution in [2.24, 2.45) is 5.92 Å². The van der Waals surface area contributed by atoms with Gasteiger partial charge in [0.15, 0.2) is 0 Å². The molecule has 0 aromatic heterocycles. The molecule has 1 aromatic rings. The minimum atomic E-state index is -0.797. The molecular formula is C14H18Cl2O. The second kappa shape index (κ2) is 5.17. The molecule has 1 nitrogen and oxygen atoms in total. The zero-order valence-electron chi connectivity index (χ0n) is 10.0. The summed E-state index contributed by atoms with van der Waals surface area (Å²) < 4.78 is 0. The highest BCUT2D eigenvalue weighted by Gasteiger charge is 2.34. The third kappa shape index (κ3) is 2.78. The van der Waals surface area contributed by atoms with E-state index in [2.05, 4.69) is 0 Å². The van der Waals surface area contributed by atoms with E-state index in [1.807, 2.05) is 13.0 Å². The van der Waals surface area contributed by atoms with E-state index in [4.69, 9.17) is 23.2 Å². The molecule has 1 aliphatic rings. The lowest BCUT2D eigenvalue weighted by molar-refractivity contribution is -0.0215. The first-order valence-corrected chi connectivity index (χ1v) is 6.95. The number of rotatable bonds is 2. The van der Waals surface area contributed by atoms with Gasteiger partial charge in [-0.05, 0) is 43.4 Å². The Kier molecular flexibility index (Phi) is 4.02. The van der Waals surface area contributed by atoms with Gasteiger partial charge >= 0.3 is 0 Å². The SMILES string of the molecule is CC(O)(c1ccc(Cl)c(Cl)c1)C1CCCCC1. The highest BCUT2D eigenvalue weighted by Crippen LogP contribution is 2.40. The summed E-state index contributed by atoms with van der Waals surface area (Å²) in [5, 5.41) is 11.8. The molecular weight excluding hydrogens is 255 g/mol. The molecule has 3 heteroatoms. The first-order chi connectivity index (χ1) is 8.01. The molecule has 0 heterocycles. The van der Waals surface area contributed by atoms with Gasteiger partial charge in [-0.3, -0.25) is 0 Å². The third-order valence-corrected chi connectivity index (χ3v) is 4.64. The summed E-state index contributed by atoms with van der Waals surface area (Å²) in [4.78, 5) is 0. The molecule has 1 aromatic carbocycles. The van der Waals surface area contributed by atoms with Crippen molar-refractivity contribution in [1.29, 1.82) is 0 Å². The van der Waals surface area contributed by atoms with Crippen LogP contribution in [-0.2, 0) is 5.60 Å². The van der Waals surface area contributed by atoms with E-state index >= 15 is 0 Å². The predicted molar refractivity (Wildman–Crippen MR) is 72.6 cm³/mol. The summed E-state index contributed by atoms with van der Waals surface area (Å²) in [5.74, 6) is 0.327. The highest BCUT2D eigenvalue weighted by atomic mass is 35.5. The molecule has 1 fully saturated rings. The van der Waals surface area contributed by atoms with E-state index in [9.17, 15) is 5.11 Å². The fourth-order valence-corrected chi connectivity index (χ4v) is 3.01. The van der Waals surface area contributed by atoms with Crippen molar-refractivity contribution in [2.45, 2.75) is 44.6 Å². The van der Waals surface area contributed by atoms with Gasteiger partial charge in [-0.2, -0.15) is 0 Å². The van der Waals surface area contributed by atoms with Crippen molar-refractivity contribution in [2.75, 3.05) is 0 Å². The molecule has 1 atom stereocenters. The maximum atomic E-state index is 10.7. The standard InChI is InChI=1S/C14H18Cl2O/c1-14(17,10-5-3-2-4-6-10)11-7-8-12(15)13(16)9-11/h7-10,17H,2-6H2,1H3. The average molecular weight is 273 g/mol. The second-order valence-corrected chi connectivity index (χ2v) is 5.93. The summed E-state index contributed by atoms with van der Waals surface area (Å²) in [6, 6.07) is 5.43. The van der Waals surface area contributed by atoms with Crippen LogP contribution in [0.25, 0.3) is 0 Å². The normalized spacial score (nSPS) is 21.2. The Morgan fingerprint density at radius 3 is 2.35 bits per heavy atom. The zero-order chi connectivity index (χ0) is 12.5. The zero-order valence-corrected chi connectivity index (χ0v) is 11.6. The van der Waals surface area contributed by atoms with Crippen LogP contribution < -0.4 is 0 Å². The summed E-state index contributed by atoms with van der Waals surface area (Å²) in [5.41, 5.74) is 0.0769. The first kappa shape index (κ1) is 13.2. The summed E-state index contributed by atoms with van der Waals surface area (Å²) >= 11 is 11.9. The van der Waals surface area contributed by atoms with Crippen LogP contribution in [0.2, 0.25) is 10.0 Å². The largest absolute Gasteiger partial charge is 0.385 e. The van der Waals surface area contributed by atoms with Crippen molar-refractivity contribution in [3.63, 3.8) is 0 Å². The van der Waals surface area contributed by atoms with Gasteiger partial charge in [-0.1, -0.05) is 48.5 Å². The van der Waals surface area contributed by atoms with E-state index in [1.165, 1.54) is 19.3 Å². The number of hydrogen-bond acceptors (Lipinski definition) is 1. The van der Waals surface area contributed by atoms with Gasteiger partial charge in [0.05, 0.1) is 15.6 Å². The Hall–Kier alpha value is -0.240. The Morgan fingerprint density at radius 1 is 1.12 bits per heavy atom. The van der Waals surface area contributed by atoms with Gasteiger partial charge in [0.1, 0.15) is 0 Å². The lowest BCUT2D eigenvalue weighted by Crippen LogP contribution is -2.33. The molecule has 2 rings (SSSR count). The maximum Gasteiger partial charge on any atom is 0.0897 e. The second-order valence-electron chi connectivity index (χ2n) is 5.11. The van der Waals surface area contributed by atoms with Gasteiger partial charge in [-0.25, -0.2) is 0 Å². The molecule has 94 valence electrons. The van der Waals surface area contributed by atoms with Crippen molar-refractivity contribution in [3.8, 4) is 0 Å². The van der Waals surface area contributed by atoms with Gasteiger partial charge in [0, 0.05) is 0 Å². The summed E-state index contributed by atoms with van der Waals surface area (Å²) in [6.45, 7) is 1.89. The molecule has 0 saturated heterocycles. The fraction of sp³-hybridized carbons (Fsp3) is 0.571. The maximum absolute atomic E-state index is 10.7. The van der Waals surface area contributed by atoms with E-state index in [0.717, 1.165) is 18.4 Å². The van der Waals surface area contributed by atoms with Gasteiger partial charge in [-0.15, -0.1) is 0 Å². The molecule has 0 amide bonds. The van der Waals surface area contributed by atoms with Crippen LogP contribution >= 0.6 is 23.2 Å². The monoisotopic (exact) mass is 272 g/mol. The van der Waals surface area contributed by atoms with Crippen LogP contribution in [0.3, 0.4) is 0 Å². The molecule has 1 saturated carbocycles. The average Bonchev–Trinajstić information content (AvgIpc) is 2.33. The van der Waals surface area contributed by atoms with E-state index in [0.29, 0.717) is 16.0 Å². The van der Waals surface area contributed by atoms with Crippen molar-refractivity contribution >= 4 is 23.2 Å². The lowest BCUT2D eigenvalue weighted by Gasteiger charge is -2.36. The van der Waals surface area contributed by atoms with Crippen LogP contribution in [-0.4, -0.2) is 5.11 Å². The van der Waals surface area contributed by atoms with Gasteiger partial charge in [0.25, 0.3) is 0 Å². The minimum Gasteiger partial charge on any atom is -0.385 e. The third-order valence-electron chi connectivity index (χ3n) is 3.90. The van der Waals surface area contributed by atoms with Crippen LogP contribution in [0.5, 0.6) is 0 Å². The van der Waals surface area contributed by atoms with Crippen LogP contribution in [0.1, 0.15) is 44.6 Å². The van der Waals surface area contributed by atoms with Crippen LogP contribution in [0.15, 0.2) is 18.2 Å². The molecule has 0 bridgehead atoms. The Labute approximate surface area is 113 Å². The van der Waals surface area contributed by atoms with Crippen LogP contribution in [0, 0.1) is 5.92 Å². The number of aliphatic hydroxyl groups is 1. The minimum absolute atomic E-state index is 0.327. The number of halogens is 2. The fourth-order valence-electron chi connectivity index (χ4n) is 2.71. The van der Waals surface area contributed by atoms with Gasteiger partial charge in [0.2, 0.25) is 0 Å². The van der Waals surface area contributed by atoms with Crippen molar-refractivity contribution in [1.82, 2.24) is 0 Å². The van der Waals surface area contributed by atoms with Crippen LogP contribution in [0.4, 0.5) is 0 Å². The molecule has 1 aliphatic carbocycles. The quantitative estimate of drug-likeness (QED) is 0.822. The van der Waals surface area contributed by atoms with E-state index < -0.39 is 5.60 Å². The molecule has 0 aliphatic heterocycles. The van der Waals surface area contributed by atoms with Crippen molar-refractivity contribution < 1.29 is 5.11 Å². The molecule has 1 N–H and O–H groups in total. The van der Waals surface area contributed by atoms with Gasteiger partial charge < -0.3 is 5.11 Å². The van der Waals surface area contributed by atoms with E-state index in [1.54, 1.807) is 12.1 Å². The molecule has 0 spiro atoms. The van der Waals surface area contributed by atoms with E-state index in [-0.39, 0.29) is 0 Å². The Morgan fingerprint density at radius 2 is 1.76 bits per heavy atom. The predicted octanol–water partition coefficient (Wildman–Crippen LogP) is 4.78. The lowest BCUT2D eigenvalue weighted by atomic mass is 9.74. The first-order valence-electron chi connectivity index (χ1n) is 6.19. The summed E-state index contributed by atoms with van der Waals surface area (Å²) in [6.07, 6.45) is 5.89. The Balaban J connectivity index is 2.26. The summed E-state index contributed by atoms with van der Waals surface area (Å²) in [7, 11) is 0. The van der Waals surface area contributed by atoms with Crippen molar-refractivity contribution in [3.05, 3.63) is 33.8 Å².